The minimum Gasteiger partial charge on any atom is -0.481 e. The van der Waals surface area contributed by atoms with Crippen LogP contribution in [0, 0.1) is 17.5 Å². The second-order valence-electron chi connectivity index (χ2n) is 9.91. The highest BCUT2D eigenvalue weighted by molar-refractivity contribution is 5.74. The molecule has 196 valence electrons. The second-order valence-corrected chi connectivity index (χ2v) is 9.91. The molecule has 0 unspecified atom stereocenters. The third-order valence-electron chi connectivity index (χ3n) is 6.00. The molecule has 3 aromatic rings. The highest BCUT2D eigenvalue weighted by atomic mass is 19.1. The van der Waals surface area contributed by atoms with Crippen molar-refractivity contribution in [1.29, 1.82) is 0 Å². The summed E-state index contributed by atoms with van der Waals surface area (Å²) in [7, 11) is 1.46. The number of halogens is 3. The van der Waals surface area contributed by atoms with Crippen LogP contribution in [0.2, 0.25) is 0 Å². The van der Waals surface area contributed by atoms with Gasteiger partial charge in [-0.05, 0) is 52.0 Å². The lowest BCUT2D eigenvalue weighted by atomic mass is 10.0. The van der Waals surface area contributed by atoms with E-state index >= 15 is 4.39 Å². The molecule has 0 radical (unpaired) electrons. The van der Waals surface area contributed by atoms with E-state index in [1.54, 1.807) is 12.1 Å². The van der Waals surface area contributed by atoms with Gasteiger partial charge in [-0.25, -0.2) is 27.9 Å². The van der Waals surface area contributed by atoms with E-state index in [9.17, 15) is 13.6 Å². The number of nitrogens with one attached hydrogen (secondary N) is 1. The molecule has 2 aromatic carbocycles. The number of urea groups is 1. The van der Waals surface area contributed by atoms with Gasteiger partial charge in [-0.1, -0.05) is 6.07 Å². The highest BCUT2D eigenvalue weighted by Gasteiger charge is 2.35. The predicted octanol–water partition coefficient (Wildman–Crippen LogP) is 5.20. The molecule has 3 N–H and O–H groups in total. The lowest BCUT2D eigenvalue weighted by Crippen LogP contribution is -2.49. The van der Waals surface area contributed by atoms with Gasteiger partial charge in [-0.2, -0.15) is 0 Å². The van der Waals surface area contributed by atoms with Gasteiger partial charge in [0.15, 0.2) is 17.4 Å². The van der Waals surface area contributed by atoms with Crippen molar-refractivity contribution in [2.45, 2.75) is 45.9 Å². The van der Waals surface area contributed by atoms with Gasteiger partial charge in [0.05, 0.1) is 18.4 Å². The Hall–Kier alpha value is -4.02. The van der Waals surface area contributed by atoms with Crippen LogP contribution < -0.4 is 20.7 Å². The Bertz CT molecular complexity index is 1350. The highest BCUT2D eigenvalue weighted by Crippen LogP contribution is 2.43. The van der Waals surface area contributed by atoms with Gasteiger partial charge in [-0.15, -0.1) is 0 Å². The van der Waals surface area contributed by atoms with Gasteiger partial charge in [0.25, 0.3) is 0 Å². The molecule has 1 aliphatic rings. The number of hydrogen-bond acceptors (Lipinski definition) is 6. The summed E-state index contributed by atoms with van der Waals surface area (Å²) in [4.78, 5) is 22.6. The third-order valence-corrected chi connectivity index (χ3v) is 6.00. The summed E-state index contributed by atoms with van der Waals surface area (Å²) < 4.78 is 50.5. The van der Waals surface area contributed by atoms with E-state index < -0.39 is 29.1 Å². The van der Waals surface area contributed by atoms with E-state index in [0.29, 0.717) is 17.9 Å². The minimum absolute atomic E-state index is 0.00315. The summed E-state index contributed by atoms with van der Waals surface area (Å²) >= 11 is 0. The Labute approximate surface area is 213 Å². The lowest BCUT2D eigenvalue weighted by Gasteiger charge is -2.43. The van der Waals surface area contributed by atoms with Crippen molar-refractivity contribution < 1.29 is 22.7 Å². The van der Waals surface area contributed by atoms with E-state index in [2.05, 4.69) is 15.3 Å². The molecule has 8 nitrogen and oxygen atoms in total. The maximum atomic E-state index is 15.2. The van der Waals surface area contributed by atoms with Crippen molar-refractivity contribution in [1.82, 2.24) is 14.9 Å². The third kappa shape index (κ3) is 5.55. The largest absolute Gasteiger partial charge is 0.481 e. The number of amides is 2. The number of hydrogen-bond donors (Lipinski definition) is 2. The summed E-state index contributed by atoms with van der Waals surface area (Å²) in [6.07, 6.45) is 0.967. The Morgan fingerprint density at radius 1 is 1.19 bits per heavy atom. The first-order valence-corrected chi connectivity index (χ1v) is 11.7. The van der Waals surface area contributed by atoms with E-state index in [-0.39, 0.29) is 41.1 Å². The number of nitrogens with zero attached hydrogens (tertiary/aromatic N) is 4. The molecule has 2 heterocycles. The van der Waals surface area contributed by atoms with Crippen LogP contribution in [-0.2, 0) is 6.54 Å². The van der Waals surface area contributed by atoms with Crippen LogP contribution >= 0.6 is 0 Å². The minimum atomic E-state index is -0.742. The maximum absolute atomic E-state index is 15.2. The van der Waals surface area contributed by atoms with Crippen molar-refractivity contribution in [2.75, 3.05) is 23.8 Å². The zero-order valence-corrected chi connectivity index (χ0v) is 21.3. The molecule has 11 heteroatoms. The smallest absolute Gasteiger partial charge is 0.314 e. The zero-order valence-electron chi connectivity index (χ0n) is 21.3. The van der Waals surface area contributed by atoms with E-state index in [4.69, 9.17) is 10.5 Å². The molecule has 0 saturated heterocycles. The quantitative estimate of drug-likeness (QED) is 0.469. The number of primary amides is 1. The zero-order chi connectivity index (χ0) is 27.1. The number of fused-ring (bicyclic) bond motifs is 1. The fourth-order valence-electron chi connectivity index (χ4n) is 4.14. The lowest BCUT2D eigenvalue weighted by molar-refractivity contribution is 0.0967. The van der Waals surface area contributed by atoms with E-state index in [1.807, 2.05) is 32.6 Å². The Kier molecular flexibility index (Phi) is 6.90. The molecule has 4 rings (SSSR count). The van der Waals surface area contributed by atoms with Crippen LogP contribution in [0.15, 0.2) is 36.5 Å². The van der Waals surface area contributed by atoms with Crippen LogP contribution in [0.1, 0.15) is 33.3 Å². The summed E-state index contributed by atoms with van der Waals surface area (Å²) in [5.41, 5.74) is 5.76. The number of ether oxygens (including phenoxy) is 1. The maximum Gasteiger partial charge on any atom is 0.314 e. The van der Waals surface area contributed by atoms with Gasteiger partial charge >= 0.3 is 6.03 Å². The predicted molar refractivity (Wildman–Crippen MR) is 135 cm³/mol. The fraction of sp³-hybridized carbons (Fsp3) is 0.346. The Morgan fingerprint density at radius 3 is 2.57 bits per heavy atom. The van der Waals surface area contributed by atoms with E-state index in [1.165, 1.54) is 30.1 Å². The normalized spacial score (nSPS) is 14.2. The molecular formula is C26H29F3N6O2. The topological polar surface area (TPSA) is 96.6 Å². The van der Waals surface area contributed by atoms with Crippen LogP contribution in [0.25, 0.3) is 11.3 Å². The first-order valence-electron chi connectivity index (χ1n) is 11.7. The summed E-state index contributed by atoms with van der Waals surface area (Å²) in [6, 6.07) is 6.45. The molecule has 0 saturated carbocycles. The molecule has 0 bridgehead atoms. The first-order chi connectivity index (χ1) is 17.3. The van der Waals surface area contributed by atoms with Gasteiger partial charge < -0.3 is 25.6 Å². The van der Waals surface area contributed by atoms with Crippen LogP contribution in [0.3, 0.4) is 0 Å². The number of anilines is 3. The second kappa shape index (κ2) is 9.79. The molecular weight excluding hydrogens is 485 g/mol. The average molecular weight is 515 g/mol. The number of rotatable bonds is 6. The number of benzene rings is 2. The van der Waals surface area contributed by atoms with Gasteiger partial charge in [0.2, 0.25) is 5.95 Å². The van der Waals surface area contributed by atoms with Crippen molar-refractivity contribution in [3.8, 4) is 17.0 Å². The Balaban J connectivity index is 1.65. The number of carbonyl (C=O) groups is 1. The van der Waals surface area contributed by atoms with Crippen LogP contribution in [0.5, 0.6) is 5.75 Å². The summed E-state index contributed by atoms with van der Waals surface area (Å²) in [6.45, 7) is 8.25. The number of carbonyl (C=O) groups excluding carboxylic acids is 1. The average Bonchev–Trinajstić information content (AvgIpc) is 2.81. The van der Waals surface area contributed by atoms with Crippen molar-refractivity contribution in [3.63, 3.8) is 0 Å². The molecule has 1 aliphatic heterocycles. The standard InChI is InChI=1S/C26H29F3N6O2/c1-14(2)35-13-26(3,4)37-23-19(28)8-16(9-21(23)35)22-20(29)11-31-25(33-22)32-17-7-6-15(18(27)10-17)12-34(5)24(30)36/h6-11,14H,12-13H2,1-5H3,(H2,30,36)(H,31,32,33). The molecule has 1 aromatic heterocycles. The van der Waals surface area contributed by atoms with Crippen molar-refractivity contribution in [2.24, 2.45) is 5.73 Å². The van der Waals surface area contributed by atoms with Crippen LogP contribution in [0.4, 0.5) is 35.3 Å². The summed E-state index contributed by atoms with van der Waals surface area (Å²) in [5.74, 6) is -1.84. The van der Waals surface area contributed by atoms with Crippen molar-refractivity contribution >= 4 is 23.4 Å². The van der Waals surface area contributed by atoms with Gasteiger partial charge in [0.1, 0.15) is 17.1 Å². The van der Waals surface area contributed by atoms with Crippen molar-refractivity contribution in [3.05, 3.63) is 59.5 Å². The molecule has 0 atom stereocenters. The molecule has 0 spiro atoms. The molecule has 2 amide bonds. The number of aromatic nitrogens is 2. The molecule has 0 aliphatic carbocycles. The first kappa shape index (κ1) is 26.1. The monoisotopic (exact) mass is 514 g/mol. The molecule has 37 heavy (non-hydrogen) atoms. The van der Waals surface area contributed by atoms with Gasteiger partial charge in [0, 0.05) is 36.4 Å². The molecule has 0 fully saturated rings. The SMILES string of the molecule is CC(C)N1CC(C)(C)Oc2c(F)cc(-c3nc(Nc4ccc(CN(C)C(N)=O)c(F)c4)ncc3F)cc21. The summed E-state index contributed by atoms with van der Waals surface area (Å²) in [5, 5.41) is 2.84. The van der Waals surface area contributed by atoms with Crippen LogP contribution in [-0.4, -0.2) is 46.1 Å². The fourth-order valence-corrected chi connectivity index (χ4v) is 4.14. The van der Waals surface area contributed by atoms with E-state index in [0.717, 1.165) is 6.20 Å². The Morgan fingerprint density at radius 2 is 1.92 bits per heavy atom. The number of nitrogens with two attached hydrogens (primary N) is 1. The van der Waals surface area contributed by atoms with Gasteiger partial charge in [-0.3, -0.25) is 0 Å².